The number of carbonyl (C=O) groups is 1. The van der Waals surface area contributed by atoms with Crippen LogP contribution in [0.15, 0.2) is 24.3 Å². The maximum absolute atomic E-state index is 10.5. The van der Waals surface area contributed by atoms with Crippen molar-refractivity contribution in [2.24, 2.45) is 11.8 Å². The van der Waals surface area contributed by atoms with Crippen molar-refractivity contribution in [3.8, 4) is 0 Å². The average molecular weight is 369 g/mol. The number of aliphatic hydroxyl groups excluding tert-OH is 2. The summed E-state index contributed by atoms with van der Waals surface area (Å²) in [4.78, 5) is 10.5. The Kier molecular flexibility index (Phi) is 10.1. The Morgan fingerprint density at radius 3 is 2.54 bits per heavy atom. The molecule has 26 heavy (non-hydrogen) atoms. The van der Waals surface area contributed by atoms with Gasteiger partial charge in [0.25, 0.3) is 0 Å². The van der Waals surface area contributed by atoms with Crippen molar-refractivity contribution < 1.29 is 25.2 Å². The molecule has 0 aromatic carbocycles. The zero-order valence-electron chi connectivity index (χ0n) is 16.2. The normalized spacial score (nSPS) is 28.8. The van der Waals surface area contributed by atoms with Crippen LogP contribution in [-0.4, -0.2) is 44.2 Å². The van der Waals surface area contributed by atoms with Gasteiger partial charge in [-0.25, -0.2) is 0 Å². The second-order valence-corrected chi connectivity index (χ2v) is 7.78. The minimum absolute atomic E-state index is 0.0802. The minimum Gasteiger partial charge on any atom is -0.481 e. The van der Waals surface area contributed by atoms with Crippen LogP contribution in [0.2, 0.25) is 0 Å². The number of hydrogen-bond acceptors (Lipinski definition) is 4. The van der Waals surface area contributed by atoms with Gasteiger partial charge in [-0.05, 0) is 38.5 Å². The van der Waals surface area contributed by atoms with Crippen molar-refractivity contribution in [1.82, 2.24) is 0 Å². The SMILES string of the molecule is CCCCC[C@](C)(O)/C=C/[C@H]1[C@@H](C/C=C/CCCC(=O)O)[C@@H](O)C[C@H]1O. The fraction of sp³-hybridized carbons (Fsp3) is 0.762. The van der Waals surface area contributed by atoms with E-state index >= 15 is 0 Å². The molecular formula is C21H36O5. The summed E-state index contributed by atoms with van der Waals surface area (Å²) in [7, 11) is 0. The molecule has 0 unspecified atom stereocenters. The first-order chi connectivity index (χ1) is 12.3. The summed E-state index contributed by atoms with van der Waals surface area (Å²) in [6, 6.07) is 0. The number of unbranched alkanes of at least 4 members (excludes halogenated alkanes) is 3. The summed E-state index contributed by atoms with van der Waals surface area (Å²) in [5.41, 5.74) is -0.889. The molecule has 4 N–H and O–H groups in total. The van der Waals surface area contributed by atoms with E-state index in [1.165, 1.54) is 0 Å². The Balaban J connectivity index is 2.56. The molecule has 0 radical (unpaired) electrons. The third-order valence-electron chi connectivity index (χ3n) is 5.22. The van der Waals surface area contributed by atoms with Gasteiger partial charge in [-0.1, -0.05) is 50.5 Å². The first kappa shape index (κ1) is 22.9. The lowest BCUT2D eigenvalue weighted by Gasteiger charge is -2.23. The van der Waals surface area contributed by atoms with E-state index in [0.717, 1.165) is 19.3 Å². The summed E-state index contributed by atoms with van der Waals surface area (Å²) in [6.45, 7) is 3.91. The molecule has 0 spiro atoms. The van der Waals surface area contributed by atoms with E-state index in [0.29, 0.717) is 32.1 Å². The molecular weight excluding hydrogens is 332 g/mol. The number of carboxylic acid groups (broad SMARTS) is 1. The number of hydrogen-bond donors (Lipinski definition) is 4. The van der Waals surface area contributed by atoms with Gasteiger partial charge in [-0.15, -0.1) is 0 Å². The average Bonchev–Trinajstić information content (AvgIpc) is 2.82. The zero-order valence-corrected chi connectivity index (χ0v) is 16.2. The summed E-state index contributed by atoms with van der Waals surface area (Å²) < 4.78 is 0. The lowest BCUT2D eigenvalue weighted by atomic mass is 9.88. The van der Waals surface area contributed by atoms with Gasteiger partial charge in [0.1, 0.15) is 0 Å². The van der Waals surface area contributed by atoms with Gasteiger partial charge in [0.05, 0.1) is 17.8 Å². The summed E-state index contributed by atoms with van der Waals surface area (Å²) in [5, 5.41) is 39.6. The molecule has 0 aromatic heterocycles. The van der Waals surface area contributed by atoms with Crippen LogP contribution < -0.4 is 0 Å². The van der Waals surface area contributed by atoms with Crippen LogP contribution in [0.1, 0.15) is 71.6 Å². The van der Waals surface area contributed by atoms with Crippen LogP contribution in [0.5, 0.6) is 0 Å². The quantitative estimate of drug-likeness (QED) is 0.312. The Bertz CT molecular complexity index is 469. The van der Waals surface area contributed by atoms with Crippen molar-refractivity contribution in [2.45, 2.75) is 89.4 Å². The van der Waals surface area contributed by atoms with Gasteiger partial charge in [0.15, 0.2) is 0 Å². The van der Waals surface area contributed by atoms with Gasteiger partial charge >= 0.3 is 5.97 Å². The molecule has 0 aliphatic heterocycles. The van der Waals surface area contributed by atoms with E-state index in [2.05, 4.69) is 6.92 Å². The van der Waals surface area contributed by atoms with Crippen molar-refractivity contribution in [2.75, 3.05) is 0 Å². The van der Waals surface area contributed by atoms with Crippen molar-refractivity contribution >= 4 is 5.97 Å². The van der Waals surface area contributed by atoms with E-state index in [1.807, 2.05) is 18.2 Å². The summed E-state index contributed by atoms with van der Waals surface area (Å²) >= 11 is 0. The topological polar surface area (TPSA) is 98.0 Å². The van der Waals surface area contributed by atoms with Crippen molar-refractivity contribution in [3.05, 3.63) is 24.3 Å². The van der Waals surface area contributed by atoms with E-state index < -0.39 is 23.8 Å². The van der Waals surface area contributed by atoms with E-state index in [1.54, 1.807) is 13.0 Å². The fourth-order valence-corrected chi connectivity index (χ4v) is 3.58. The highest BCUT2D eigenvalue weighted by Crippen LogP contribution is 2.37. The minimum atomic E-state index is -0.889. The molecule has 150 valence electrons. The Labute approximate surface area is 157 Å². The van der Waals surface area contributed by atoms with E-state index in [9.17, 15) is 20.1 Å². The van der Waals surface area contributed by atoms with Crippen LogP contribution in [0.3, 0.4) is 0 Å². The Morgan fingerprint density at radius 1 is 1.15 bits per heavy atom. The molecule has 5 heteroatoms. The molecule has 5 nitrogen and oxygen atoms in total. The fourth-order valence-electron chi connectivity index (χ4n) is 3.58. The van der Waals surface area contributed by atoms with Crippen molar-refractivity contribution in [3.63, 3.8) is 0 Å². The molecule has 1 aliphatic rings. The number of rotatable bonds is 12. The standard InChI is InChI=1S/C21H36O5/c1-3-4-9-13-21(2,26)14-12-17-16(18(22)15-19(17)23)10-7-5-6-8-11-20(24)25/h5,7,12,14,16-19,22-23,26H,3-4,6,8-11,13,15H2,1-2H3,(H,24,25)/b7-5+,14-12+/t16-,17+,18+,19-,21+/m1/s1. The van der Waals surface area contributed by atoms with E-state index in [4.69, 9.17) is 5.11 Å². The maximum atomic E-state index is 10.5. The van der Waals surface area contributed by atoms with Crippen molar-refractivity contribution in [1.29, 1.82) is 0 Å². The molecule has 0 amide bonds. The molecule has 0 aromatic rings. The number of allylic oxidation sites excluding steroid dienone is 2. The highest BCUT2D eigenvalue weighted by Gasteiger charge is 2.39. The molecule has 0 bridgehead atoms. The van der Waals surface area contributed by atoms with Crippen LogP contribution in [0.4, 0.5) is 0 Å². The van der Waals surface area contributed by atoms with Crippen LogP contribution in [-0.2, 0) is 4.79 Å². The summed E-state index contributed by atoms with van der Waals surface area (Å²) in [5.74, 6) is -1.04. The molecule has 1 rings (SSSR count). The molecule has 0 heterocycles. The van der Waals surface area contributed by atoms with Crippen LogP contribution >= 0.6 is 0 Å². The van der Waals surface area contributed by atoms with Gasteiger partial charge < -0.3 is 20.4 Å². The highest BCUT2D eigenvalue weighted by atomic mass is 16.4. The lowest BCUT2D eigenvalue weighted by Crippen LogP contribution is -2.24. The van der Waals surface area contributed by atoms with Gasteiger partial charge in [-0.2, -0.15) is 0 Å². The monoisotopic (exact) mass is 368 g/mol. The smallest absolute Gasteiger partial charge is 0.303 e. The summed E-state index contributed by atoms with van der Waals surface area (Å²) in [6.07, 6.45) is 12.7. The largest absolute Gasteiger partial charge is 0.481 e. The second-order valence-electron chi connectivity index (χ2n) is 7.78. The first-order valence-corrected chi connectivity index (χ1v) is 9.91. The third-order valence-corrected chi connectivity index (χ3v) is 5.22. The molecule has 0 saturated heterocycles. The number of aliphatic hydroxyl groups is 3. The second kappa shape index (κ2) is 11.5. The van der Waals surface area contributed by atoms with Gasteiger partial charge in [-0.3, -0.25) is 4.79 Å². The Morgan fingerprint density at radius 2 is 1.88 bits per heavy atom. The molecule has 1 fully saturated rings. The predicted octanol–water partition coefficient (Wildman–Crippen LogP) is 3.43. The number of carboxylic acids is 1. The third kappa shape index (κ3) is 8.47. The van der Waals surface area contributed by atoms with Crippen LogP contribution in [0, 0.1) is 11.8 Å². The van der Waals surface area contributed by atoms with Crippen LogP contribution in [0.25, 0.3) is 0 Å². The molecule has 5 atom stereocenters. The first-order valence-electron chi connectivity index (χ1n) is 9.91. The van der Waals surface area contributed by atoms with E-state index in [-0.39, 0.29) is 18.3 Å². The molecule has 1 saturated carbocycles. The lowest BCUT2D eigenvalue weighted by molar-refractivity contribution is -0.137. The predicted molar refractivity (Wildman–Crippen MR) is 103 cm³/mol. The maximum Gasteiger partial charge on any atom is 0.303 e. The Hall–Kier alpha value is -1.17. The van der Waals surface area contributed by atoms with Gasteiger partial charge in [0, 0.05) is 18.8 Å². The van der Waals surface area contributed by atoms with Gasteiger partial charge in [0.2, 0.25) is 0 Å². The number of aliphatic carboxylic acids is 1. The highest BCUT2D eigenvalue weighted by molar-refractivity contribution is 5.66. The molecule has 1 aliphatic carbocycles. The zero-order chi connectivity index (χ0) is 19.6.